The number of nitrogens with one attached hydrogen (secondary N) is 1. The van der Waals surface area contributed by atoms with E-state index in [0.29, 0.717) is 6.04 Å². The Bertz CT molecular complexity index is 331. The van der Waals surface area contributed by atoms with Crippen LogP contribution < -0.4 is 5.32 Å². The maximum Gasteiger partial charge on any atom is 0.0375 e. The highest BCUT2D eigenvalue weighted by molar-refractivity contribution is 5.26. The maximum absolute atomic E-state index is 4.19. The van der Waals surface area contributed by atoms with Crippen molar-refractivity contribution in [3.8, 4) is 0 Å². The topological polar surface area (TPSA) is 24.9 Å². The number of nitrogens with zero attached hydrogens (tertiary/aromatic N) is 1. The van der Waals surface area contributed by atoms with Gasteiger partial charge in [0.1, 0.15) is 0 Å². The van der Waals surface area contributed by atoms with Crippen LogP contribution in [0.2, 0.25) is 0 Å². The van der Waals surface area contributed by atoms with Crippen LogP contribution in [0.4, 0.5) is 0 Å². The molecule has 0 radical (unpaired) electrons. The lowest BCUT2D eigenvalue weighted by molar-refractivity contribution is 0.544. The molecule has 82 valence electrons. The largest absolute Gasteiger partial charge is 0.310 e. The molecular weight excluding hydrogens is 184 g/mol. The van der Waals surface area contributed by atoms with E-state index >= 15 is 0 Å². The molecule has 0 spiro atoms. The first-order valence-electron chi connectivity index (χ1n) is 5.43. The Labute approximate surface area is 92.4 Å². The van der Waals surface area contributed by atoms with E-state index in [9.17, 15) is 0 Å². The molecule has 0 saturated heterocycles. The molecule has 0 aliphatic carbocycles. The molecule has 0 fully saturated rings. The monoisotopic (exact) mass is 204 g/mol. The molecule has 0 aromatic carbocycles. The molecule has 2 nitrogen and oxygen atoms in total. The van der Waals surface area contributed by atoms with Crippen LogP contribution in [-0.4, -0.2) is 11.5 Å². The minimum absolute atomic E-state index is 0.348. The van der Waals surface area contributed by atoms with E-state index < -0.39 is 0 Å². The third-order valence-corrected chi connectivity index (χ3v) is 2.46. The Morgan fingerprint density at radius 3 is 2.87 bits per heavy atom. The Kier molecular flexibility index (Phi) is 4.50. The Balaban J connectivity index is 2.88. The molecule has 2 heteroatoms. The highest BCUT2D eigenvalue weighted by atomic mass is 14.9. The van der Waals surface area contributed by atoms with E-state index in [-0.39, 0.29) is 0 Å². The number of hydrogen-bond acceptors (Lipinski definition) is 2. The van der Waals surface area contributed by atoms with Gasteiger partial charge in [-0.1, -0.05) is 12.5 Å². The number of aryl methyl sites for hydroxylation is 1. The zero-order valence-corrected chi connectivity index (χ0v) is 9.88. The second kappa shape index (κ2) is 5.66. The lowest BCUT2D eigenvalue weighted by Gasteiger charge is -2.19. The van der Waals surface area contributed by atoms with Crippen molar-refractivity contribution in [2.75, 3.05) is 6.54 Å². The molecule has 1 rings (SSSR count). The summed E-state index contributed by atoms with van der Waals surface area (Å²) in [6, 6.07) is 2.40. The fourth-order valence-corrected chi connectivity index (χ4v) is 1.73. The predicted octanol–water partition coefficient (Wildman–Crippen LogP) is 3.01. The third kappa shape index (κ3) is 3.48. The summed E-state index contributed by atoms with van der Waals surface area (Å²) in [5, 5.41) is 3.47. The van der Waals surface area contributed by atoms with Crippen molar-refractivity contribution in [1.29, 1.82) is 0 Å². The van der Waals surface area contributed by atoms with Gasteiger partial charge in [0.05, 0.1) is 0 Å². The lowest BCUT2D eigenvalue weighted by atomic mass is 9.98. The number of hydrogen-bond donors (Lipinski definition) is 1. The van der Waals surface area contributed by atoms with E-state index in [0.717, 1.165) is 13.0 Å². The molecular formula is C13H20N2. The van der Waals surface area contributed by atoms with Gasteiger partial charge >= 0.3 is 0 Å². The van der Waals surface area contributed by atoms with E-state index in [2.05, 4.69) is 43.7 Å². The normalized spacial score (nSPS) is 12.5. The number of aromatic nitrogens is 1. The van der Waals surface area contributed by atoms with E-state index in [4.69, 9.17) is 0 Å². The van der Waals surface area contributed by atoms with Crippen molar-refractivity contribution in [3.05, 3.63) is 41.7 Å². The van der Waals surface area contributed by atoms with Crippen molar-refractivity contribution in [2.45, 2.75) is 33.2 Å². The quantitative estimate of drug-likeness (QED) is 0.746. The SMILES string of the molecule is C=C(C)CC(NCC)c1cnccc1C. The molecule has 0 bridgehead atoms. The Morgan fingerprint density at radius 2 is 2.33 bits per heavy atom. The minimum atomic E-state index is 0.348. The molecule has 0 aliphatic rings. The van der Waals surface area contributed by atoms with Gasteiger partial charge in [-0.05, 0) is 44.0 Å². The van der Waals surface area contributed by atoms with Crippen molar-refractivity contribution >= 4 is 0 Å². The predicted molar refractivity (Wildman–Crippen MR) is 64.8 cm³/mol. The Hall–Kier alpha value is -1.15. The molecule has 1 heterocycles. The zero-order valence-electron chi connectivity index (χ0n) is 9.88. The first-order valence-corrected chi connectivity index (χ1v) is 5.43. The summed E-state index contributed by atoms with van der Waals surface area (Å²) < 4.78 is 0. The molecule has 1 unspecified atom stereocenters. The molecule has 1 aromatic heterocycles. The van der Waals surface area contributed by atoms with Gasteiger partial charge in [0.2, 0.25) is 0 Å². The van der Waals surface area contributed by atoms with Crippen LogP contribution in [0.15, 0.2) is 30.6 Å². The molecule has 0 aliphatic heterocycles. The highest BCUT2D eigenvalue weighted by Gasteiger charge is 2.12. The summed E-state index contributed by atoms with van der Waals surface area (Å²) in [6.45, 7) is 11.2. The fraction of sp³-hybridized carbons (Fsp3) is 0.462. The lowest BCUT2D eigenvalue weighted by Crippen LogP contribution is -2.22. The van der Waals surface area contributed by atoms with Crippen LogP contribution in [0, 0.1) is 6.92 Å². The summed E-state index contributed by atoms with van der Waals surface area (Å²) in [6.07, 6.45) is 4.76. The fourth-order valence-electron chi connectivity index (χ4n) is 1.73. The summed E-state index contributed by atoms with van der Waals surface area (Å²) in [7, 11) is 0. The molecule has 1 aromatic rings. The average molecular weight is 204 g/mol. The van der Waals surface area contributed by atoms with Crippen LogP contribution in [0.25, 0.3) is 0 Å². The van der Waals surface area contributed by atoms with Crippen molar-refractivity contribution in [3.63, 3.8) is 0 Å². The van der Waals surface area contributed by atoms with Crippen LogP contribution in [0.3, 0.4) is 0 Å². The van der Waals surface area contributed by atoms with E-state index in [1.165, 1.54) is 16.7 Å². The summed E-state index contributed by atoms with van der Waals surface area (Å²) in [4.78, 5) is 4.19. The van der Waals surface area contributed by atoms with Crippen LogP contribution in [0.1, 0.15) is 37.4 Å². The highest BCUT2D eigenvalue weighted by Crippen LogP contribution is 2.22. The second-order valence-corrected chi connectivity index (χ2v) is 4.00. The van der Waals surface area contributed by atoms with Crippen molar-refractivity contribution in [1.82, 2.24) is 10.3 Å². The minimum Gasteiger partial charge on any atom is -0.310 e. The van der Waals surface area contributed by atoms with Crippen molar-refractivity contribution in [2.24, 2.45) is 0 Å². The van der Waals surface area contributed by atoms with E-state index in [1.807, 2.05) is 12.4 Å². The third-order valence-electron chi connectivity index (χ3n) is 2.46. The standard InChI is InChI=1S/C13H20N2/c1-5-15-13(8-10(2)3)12-9-14-7-6-11(12)4/h6-7,9,13,15H,2,5,8H2,1,3-4H3. The van der Waals surface area contributed by atoms with Gasteiger partial charge in [-0.2, -0.15) is 0 Å². The smallest absolute Gasteiger partial charge is 0.0375 e. The zero-order chi connectivity index (χ0) is 11.3. The molecule has 1 N–H and O–H groups in total. The molecule has 0 amide bonds. The van der Waals surface area contributed by atoms with Crippen LogP contribution >= 0.6 is 0 Å². The Morgan fingerprint density at radius 1 is 1.60 bits per heavy atom. The van der Waals surface area contributed by atoms with Crippen molar-refractivity contribution < 1.29 is 0 Å². The van der Waals surface area contributed by atoms with Gasteiger partial charge in [-0.15, -0.1) is 6.58 Å². The van der Waals surface area contributed by atoms with Crippen LogP contribution in [0.5, 0.6) is 0 Å². The number of rotatable bonds is 5. The first kappa shape index (κ1) is 11.9. The van der Waals surface area contributed by atoms with Gasteiger partial charge in [0.25, 0.3) is 0 Å². The number of pyridine rings is 1. The first-order chi connectivity index (χ1) is 7.15. The summed E-state index contributed by atoms with van der Waals surface area (Å²) in [5.41, 5.74) is 3.77. The van der Waals surface area contributed by atoms with Gasteiger partial charge < -0.3 is 5.32 Å². The van der Waals surface area contributed by atoms with Gasteiger partial charge in [0, 0.05) is 18.4 Å². The summed E-state index contributed by atoms with van der Waals surface area (Å²) >= 11 is 0. The second-order valence-electron chi connectivity index (χ2n) is 4.00. The molecule has 15 heavy (non-hydrogen) atoms. The van der Waals surface area contributed by atoms with Gasteiger partial charge in [0.15, 0.2) is 0 Å². The maximum atomic E-state index is 4.19. The molecule has 1 atom stereocenters. The average Bonchev–Trinajstić information content (AvgIpc) is 2.17. The van der Waals surface area contributed by atoms with Gasteiger partial charge in [-0.25, -0.2) is 0 Å². The molecule has 0 saturated carbocycles. The van der Waals surface area contributed by atoms with Gasteiger partial charge in [-0.3, -0.25) is 4.98 Å². The van der Waals surface area contributed by atoms with E-state index in [1.54, 1.807) is 0 Å². The van der Waals surface area contributed by atoms with Crippen LogP contribution in [-0.2, 0) is 0 Å². The summed E-state index contributed by atoms with van der Waals surface area (Å²) in [5.74, 6) is 0.